The van der Waals surface area contributed by atoms with Crippen LogP contribution in [0.25, 0.3) is 105 Å². The third-order valence-corrected chi connectivity index (χ3v) is 11.3. The van der Waals surface area contributed by atoms with Crippen molar-refractivity contribution < 1.29 is 4.42 Å². The fraction of sp³-hybridized carbons (Fsp3) is 0. The highest BCUT2D eigenvalue weighted by Crippen LogP contribution is 2.39. The molecule has 0 aliphatic heterocycles. The van der Waals surface area contributed by atoms with Gasteiger partial charge in [0.2, 0.25) is 0 Å². The van der Waals surface area contributed by atoms with Gasteiger partial charge in [0.05, 0.1) is 11.0 Å². The van der Waals surface area contributed by atoms with Crippen LogP contribution in [0.3, 0.4) is 0 Å². The molecule has 56 heavy (non-hydrogen) atoms. The Morgan fingerprint density at radius 2 is 0.714 bits per heavy atom. The van der Waals surface area contributed by atoms with Crippen molar-refractivity contribution in [3.05, 3.63) is 212 Å². The molecule has 0 spiro atoms. The number of furan rings is 1. The highest BCUT2D eigenvalue weighted by molar-refractivity contribution is 6.13. The van der Waals surface area contributed by atoms with Crippen molar-refractivity contribution in [3.8, 4) is 61.3 Å². The van der Waals surface area contributed by atoms with Crippen LogP contribution in [0.15, 0.2) is 217 Å². The third kappa shape index (κ3) is 5.42. The molecule has 0 N–H and O–H groups in total. The molecule has 0 radical (unpaired) electrons. The molecule has 11 rings (SSSR count). The van der Waals surface area contributed by atoms with Crippen molar-refractivity contribution in [2.75, 3.05) is 0 Å². The summed E-state index contributed by atoms with van der Waals surface area (Å²) in [6.07, 6.45) is 0. The van der Waals surface area contributed by atoms with Gasteiger partial charge in [0.15, 0.2) is 0 Å². The standard InChI is InChI=1S/C54H35NO/c1-3-10-36(11-4-1)43-28-32-47-48-33-29-44(37-12-5-2-6-13-37)35-51(48)55(50(47)34-43)45-30-26-41(27-31-45)39-20-18-38(19-21-39)40-22-24-42(25-23-40)46-15-9-17-53-54(46)49-14-7-8-16-52(49)56-53/h1-35H. The van der Waals surface area contributed by atoms with E-state index in [4.69, 9.17) is 4.42 Å². The molecule has 2 heterocycles. The van der Waals surface area contributed by atoms with Crippen LogP contribution in [-0.4, -0.2) is 4.57 Å². The van der Waals surface area contributed by atoms with Crippen LogP contribution in [0.4, 0.5) is 0 Å². The maximum absolute atomic E-state index is 6.15. The highest BCUT2D eigenvalue weighted by atomic mass is 16.3. The van der Waals surface area contributed by atoms with Gasteiger partial charge in [-0.3, -0.25) is 0 Å². The van der Waals surface area contributed by atoms with Crippen LogP contribution in [0.2, 0.25) is 0 Å². The Balaban J connectivity index is 0.928. The summed E-state index contributed by atoms with van der Waals surface area (Å²) in [7, 11) is 0. The van der Waals surface area contributed by atoms with Crippen molar-refractivity contribution in [3.63, 3.8) is 0 Å². The van der Waals surface area contributed by atoms with Crippen molar-refractivity contribution in [1.82, 2.24) is 4.57 Å². The topological polar surface area (TPSA) is 18.1 Å². The zero-order valence-corrected chi connectivity index (χ0v) is 30.6. The molecule has 0 unspecified atom stereocenters. The van der Waals surface area contributed by atoms with E-state index in [1.54, 1.807) is 0 Å². The molecule has 0 amide bonds. The summed E-state index contributed by atoms with van der Waals surface area (Å²) >= 11 is 0. The lowest BCUT2D eigenvalue weighted by atomic mass is 9.96. The summed E-state index contributed by atoms with van der Waals surface area (Å²) in [6.45, 7) is 0. The van der Waals surface area contributed by atoms with Crippen LogP contribution in [0, 0.1) is 0 Å². The zero-order valence-electron chi connectivity index (χ0n) is 30.6. The van der Waals surface area contributed by atoms with Gasteiger partial charge in [-0.1, -0.05) is 176 Å². The number of hydrogen-bond donors (Lipinski definition) is 0. The minimum atomic E-state index is 0.917. The number of para-hydroxylation sites is 1. The van der Waals surface area contributed by atoms with E-state index < -0.39 is 0 Å². The van der Waals surface area contributed by atoms with Gasteiger partial charge >= 0.3 is 0 Å². The Kier molecular flexibility index (Phi) is 7.53. The van der Waals surface area contributed by atoms with E-state index in [1.165, 1.54) is 82.8 Å². The number of benzene rings is 9. The first-order valence-electron chi connectivity index (χ1n) is 19.2. The minimum absolute atomic E-state index is 0.917. The van der Waals surface area contributed by atoms with E-state index in [2.05, 4.69) is 205 Å². The van der Waals surface area contributed by atoms with E-state index >= 15 is 0 Å². The van der Waals surface area contributed by atoms with Crippen LogP contribution in [0.1, 0.15) is 0 Å². The summed E-state index contributed by atoms with van der Waals surface area (Å²) < 4.78 is 8.58. The van der Waals surface area contributed by atoms with Gasteiger partial charge in [-0.15, -0.1) is 0 Å². The summed E-state index contributed by atoms with van der Waals surface area (Å²) in [5.74, 6) is 0. The van der Waals surface area contributed by atoms with Gasteiger partial charge in [-0.05, 0) is 92.0 Å². The molecule has 0 aliphatic rings. The normalized spacial score (nSPS) is 11.6. The zero-order chi connectivity index (χ0) is 37.0. The Hall–Kier alpha value is -7.42. The van der Waals surface area contributed by atoms with E-state index in [-0.39, 0.29) is 0 Å². The van der Waals surface area contributed by atoms with Crippen LogP contribution < -0.4 is 0 Å². The molecule has 262 valence electrons. The molecule has 9 aromatic carbocycles. The quantitative estimate of drug-likeness (QED) is 0.168. The summed E-state index contributed by atoms with van der Waals surface area (Å²) in [5.41, 5.74) is 17.3. The SMILES string of the molecule is c1ccc(-c2ccc3c4ccc(-c5ccccc5)cc4n(-c4ccc(-c5ccc(-c6ccc(-c7cccc8oc9ccccc9c78)cc6)cc5)cc4)c3c2)cc1. The fourth-order valence-electron chi connectivity index (χ4n) is 8.43. The fourth-order valence-corrected chi connectivity index (χ4v) is 8.43. The largest absolute Gasteiger partial charge is 0.456 e. The second kappa shape index (κ2) is 13.2. The van der Waals surface area contributed by atoms with Gasteiger partial charge in [-0.25, -0.2) is 0 Å². The van der Waals surface area contributed by atoms with E-state index in [1.807, 2.05) is 12.1 Å². The third-order valence-electron chi connectivity index (χ3n) is 11.3. The molecule has 0 aliphatic carbocycles. The Morgan fingerprint density at radius 3 is 1.27 bits per heavy atom. The summed E-state index contributed by atoms with van der Waals surface area (Å²) in [4.78, 5) is 0. The van der Waals surface area contributed by atoms with Crippen LogP contribution >= 0.6 is 0 Å². The van der Waals surface area contributed by atoms with E-state index in [0.717, 1.165) is 22.2 Å². The van der Waals surface area contributed by atoms with Crippen molar-refractivity contribution in [1.29, 1.82) is 0 Å². The molecular formula is C54H35NO. The predicted molar refractivity (Wildman–Crippen MR) is 235 cm³/mol. The Bertz CT molecular complexity index is 3090. The number of aromatic nitrogens is 1. The first-order valence-corrected chi connectivity index (χ1v) is 19.2. The van der Waals surface area contributed by atoms with Crippen LogP contribution in [-0.2, 0) is 0 Å². The number of fused-ring (bicyclic) bond motifs is 6. The van der Waals surface area contributed by atoms with Gasteiger partial charge in [-0.2, -0.15) is 0 Å². The molecule has 2 aromatic heterocycles. The lowest BCUT2D eigenvalue weighted by molar-refractivity contribution is 0.669. The second-order valence-corrected chi connectivity index (χ2v) is 14.5. The van der Waals surface area contributed by atoms with Gasteiger partial charge in [0, 0.05) is 27.2 Å². The maximum atomic E-state index is 6.15. The first-order chi connectivity index (χ1) is 27.7. The summed E-state index contributed by atoms with van der Waals surface area (Å²) in [6, 6.07) is 76.4. The highest BCUT2D eigenvalue weighted by Gasteiger charge is 2.16. The lowest BCUT2D eigenvalue weighted by Crippen LogP contribution is -1.94. The molecule has 0 saturated heterocycles. The van der Waals surface area contributed by atoms with Gasteiger partial charge < -0.3 is 8.98 Å². The predicted octanol–water partition coefficient (Wildman–Crippen LogP) is 15.0. The number of nitrogens with zero attached hydrogens (tertiary/aromatic N) is 1. The lowest BCUT2D eigenvalue weighted by Gasteiger charge is -2.12. The molecule has 11 aromatic rings. The molecule has 0 bridgehead atoms. The smallest absolute Gasteiger partial charge is 0.136 e. The maximum Gasteiger partial charge on any atom is 0.136 e. The van der Waals surface area contributed by atoms with E-state index in [0.29, 0.717) is 0 Å². The van der Waals surface area contributed by atoms with E-state index in [9.17, 15) is 0 Å². The molecule has 0 atom stereocenters. The van der Waals surface area contributed by atoms with Crippen LogP contribution in [0.5, 0.6) is 0 Å². The Labute approximate surface area is 325 Å². The van der Waals surface area contributed by atoms with Crippen molar-refractivity contribution in [2.24, 2.45) is 0 Å². The first kappa shape index (κ1) is 32.0. The summed E-state index contributed by atoms with van der Waals surface area (Å²) in [5, 5.41) is 4.81. The monoisotopic (exact) mass is 713 g/mol. The number of rotatable bonds is 6. The molecule has 2 heteroatoms. The Morgan fingerprint density at radius 1 is 0.286 bits per heavy atom. The average Bonchev–Trinajstić information content (AvgIpc) is 3.82. The van der Waals surface area contributed by atoms with Gasteiger partial charge in [0.25, 0.3) is 0 Å². The number of hydrogen-bond acceptors (Lipinski definition) is 1. The molecular weight excluding hydrogens is 679 g/mol. The second-order valence-electron chi connectivity index (χ2n) is 14.5. The molecule has 0 saturated carbocycles. The van der Waals surface area contributed by atoms with Gasteiger partial charge in [0.1, 0.15) is 11.2 Å². The minimum Gasteiger partial charge on any atom is -0.456 e. The molecule has 2 nitrogen and oxygen atoms in total. The van der Waals surface area contributed by atoms with Crippen molar-refractivity contribution >= 4 is 43.7 Å². The average molecular weight is 714 g/mol. The molecule has 0 fully saturated rings. The van der Waals surface area contributed by atoms with Crippen molar-refractivity contribution in [2.45, 2.75) is 0 Å².